The second kappa shape index (κ2) is 15.8. The third-order valence-electron chi connectivity index (χ3n) is 8.67. The molecule has 3 aliphatic rings. The summed E-state index contributed by atoms with van der Waals surface area (Å²) in [5.74, 6) is 2.03. The standard InChI is InChI=1S/C30H43N9O3.2ClH/c1-2-41-25-10-6-5-9-24(25)35-30(40)42-38-17-15-22(16-18-38)33-27-26-28(39(19-32-26)23-7-3-4-8-23)37-29(36-27)34-21-13-11-20(31)12-14-21;;/h5-6,9-10,19-23H,2-4,7-8,11-18,31H2,1H3,(H,35,40)(H2,33,34,36,37);2*1H/t20-,21-;;. The van der Waals surface area contributed by atoms with Gasteiger partial charge in [-0.3, -0.25) is 5.32 Å². The highest BCUT2D eigenvalue weighted by Crippen LogP contribution is 2.34. The first kappa shape index (κ1) is 33.8. The molecule has 242 valence electrons. The number of nitrogens with zero attached hydrogens (tertiary/aromatic N) is 5. The fourth-order valence-corrected chi connectivity index (χ4v) is 6.36. The van der Waals surface area contributed by atoms with Crippen LogP contribution in [-0.4, -0.2) is 68.5 Å². The highest BCUT2D eigenvalue weighted by Gasteiger charge is 2.27. The van der Waals surface area contributed by atoms with E-state index in [4.69, 9.17) is 30.3 Å². The number of para-hydroxylation sites is 2. The third-order valence-corrected chi connectivity index (χ3v) is 8.67. The Morgan fingerprint density at radius 2 is 1.66 bits per heavy atom. The molecular weight excluding hydrogens is 605 g/mol. The lowest BCUT2D eigenvalue weighted by molar-refractivity contribution is -0.107. The molecule has 1 saturated heterocycles. The Balaban J connectivity index is 0.00000221. The van der Waals surface area contributed by atoms with Crippen LogP contribution in [0.4, 0.5) is 22.2 Å². The van der Waals surface area contributed by atoms with Crippen molar-refractivity contribution in [2.45, 2.75) is 95.3 Å². The number of hydrogen-bond acceptors (Lipinski definition) is 10. The maximum atomic E-state index is 12.6. The maximum Gasteiger partial charge on any atom is 0.430 e. The van der Waals surface area contributed by atoms with Gasteiger partial charge in [0.2, 0.25) is 5.95 Å². The van der Waals surface area contributed by atoms with E-state index >= 15 is 0 Å². The summed E-state index contributed by atoms with van der Waals surface area (Å²) in [4.78, 5) is 32.9. The Morgan fingerprint density at radius 3 is 2.39 bits per heavy atom. The summed E-state index contributed by atoms with van der Waals surface area (Å²) < 4.78 is 7.84. The maximum absolute atomic E-state index is 12.6. The van der Waals surface area contributed by atoms with E-state index in [2.05, 4.69) is 20.5 Å². The van der Waals surface area contributed by atoms with Crippen LogP contribution in [0.15, 0.2) is 30.6 Å². The highest BCUT2D eigenvalue weighted by molar-refractivity contribution is 5.87. The summed E-state index contributed by atoms with van der Waals surface area (Å²) in [7, 11) is 0. The van der Waals surface area contributed by atoms with E-state index in [-0.39, 0.29) is 30.9 Å². The minimum atomic E-state index is -0.525. The van der Waals surface area contributed by atoms with Gasteiger partial charge in [-0.15, -0.1) is 29.9 Å². The number of aromatic nitrogens is 4. The van der Waals surface area contributed by atoms with Crippen LogP contribution in [-0.2, 0) is 4.84 Å². The first-order chi connectivity index (χ1) is 20.6. The van der Waals surface area contributed by atoms with Crippen molar-refractivity contribution in [3.63, 3.8) is 0 Å². The second-order valence-corrected chi connectivity index (χ2v) is 11.7. The molecule has 3 heterocycles. The van der Waals surface area contributed by atoms with Gasteiger partial charge in [-0.25, -0.2) is 9.78 Å². The molecule has 14 heteroatoms. The number of piperidine rings is 1. The molecule has 6 rings (SSSR count). The number of imidazole rings is 1. The van der Waals surface area contributed by atoms with E-state index in [1.54, 1.807) is 11.1 Å². The number of benzene rings is 1. The van der Waals surface area contributed by atoms with Crippen molar-refractivity contribution >= 4 is 59.5 Å². The van der Waals surface area contributed by atoms with Crippen molar-refractivity contribution < 1.29 is 14.4 Å². The van der Waals surface area contributed by atoms with Gasteiger partial charge < -0.3 is 30.5 Å². The molecule has 44 heavy (non-hydrogen) atoms. The molecule has 1 amide bonds. The van der Waals surface area contributed by atoms with Gasteiger partial charge in [-0.05, 0) is 70.4 Å². The number of hydroxylamine groups is 2. The molecule has 2 aliphatic carbocycles. The molecule has 5 N–H and O–H groups in total. The van der Waals surface area contributed by atoms with Crippen molar-refractivity contribution in [3.05, 3.63) is 30.6 Å². The number of nitrogens with one attached hydrogen (secondary N) is 3. The molecule has 0 radical (unpaired) electrons. The molecule has 0 bridgehead atoms. The number of carbonyl (C=O) groups excluding carboxylic acids is 1. The second-order valence-electron chi connectivity index (χ2n) is 11.7. The monoisotopic (exact) mass is 649 g/mol. The Bertz CT molecular complexity index is 1350. The minimum absolute atomic E-state index is 0. The van der Waals surface area contributed by atoms with Crippen LogP contribution in [0.5, 0.6) is 5.75 Å². The summed E-state index contributed by atoms with van der Waals surface area (Å²) in [5.41, 5.74) is 8.42. The summed E-state index contributed by atoms with van der Waals surface area (Å²) in [6.45, 7) is 3.64. The van der Waals surface area contributed by atoms with Crippen LogP contribution in [0.1, 0.15) is 77.2 Å². The largest absolute Gasteiger partial charge is 0.492 e. The molecular formula is C30H45Cl2N9O3. The normalized spacial score (nSPS) is 21.2. The fraction of sp³-hybridized carbons (Fsp3) is 0.600. The molecule has 3 fully saturated rings. The molecule has 12 nitrogen and oxygen atoms in total. The van der Waals surface area contributed by atoms with Gasteiger partial charge in [0.1, 0.15) is 5.75 Å². The average Bonchev–Trinajstić information content (AvgIpc) is 3.67. The van der Waals surface area contributed by atoms with Gasteiger partial charge in [0.05, 0.1) is 18.6 Å². The molecule has 0 unspecified atom stereocenters. The zero-order valence-corrected chi connectivity index (χ0v) is 26.9. The predicted octanol–water partition coefficient (Wildman–Crippen LogP) is 5.91. The number of anilines is 3. The molecule has 3 aromatic rings. The molecule has 1 aromatic carbocycles. The third kappa shape index (κ3) is 8.15. The van der Waals surface area contributed by atoms with Gasteiger partial charge in [-0.2, -0.15) is 9.97 Å². The van der Waals surface area contributed by atoms with Gasteiger partial charge in [-0.1, -0.05) is 25.0 Å². The Labute approximate surface area is 271 Å². The topological polar surface area (TPSA) is 144 Å². The lowest BCUT2D eigenvalue weighted by Gasteiger charge is -2.31. The van der Waals surface area contributed by atoms with Crippen LogP contribution in [0.3, 0.4) is 0 Å². The van der Waals surface area contributed by atoms with Crippen LogP contribution in [0.25, 0.3) is 11.2 Å². The smallest absolute Gasteiger partial charge is 0.430 e. The Hall–Kier alpha value is -3.06. The van der Waals surface area contributed by atoms with Crippen molar-refractivity contribution in [2.75, 3.05) is 35.6 Å². The number of halogens is 2. The number of fused-ring (bicyclic) bond motifs is 1. The lowest BCUT2D eigenvalue weighted by atomic mass is 9.92. The van der Waals surface area contributed by atoms with E-state index in [1.807, 2.05) is 31.5 Å². The zero-order valence-electron chi connectivity index (χ0n) is 25.2. The van der Waals surface area contributed by atoms with Crippen molar-refractivity contribution in [1.29, 1.82) is 0 Å². The van der Waals surface area contributed by atoms with E-state index in [9.17, 15) is 4.79 Å². The number of nitrogens with two attached hydrogens (primary N) is 1. The lowest BCUT2D eigenvalue weighted by Crippen LogP contribution is -2.41. The first-order valence-corrected chi connectivity index (χ1v) is 15.5. The summed E-state index contributed by atoms with van der Waals surface area (Å²) in [6.07, 6.45) is 11.9. The number of ether oxygens (including phenoxy) is 1. The zero-order chi connectivity index (χ0) is 28.9. The quantitative estimate of drug-likeness (QED) is 0.221. The van der Waals surface area contributed by atoms with Crippen LogP contribution >= 0.6 is 24.8 Å². The van der Waals surface area contributed by atoms with Crippen LogP contribution < -0.4 is 26.4 Å². The van der Waals surface area contributed by atoms with Gasteiger partial charge in [0.15, 0.2) is 17.0 Å². The van der Waals surface area contributed by atoms with Crippen molar-refractivity contribution in [1.82, 2.24) is 24.6 Å². The van der Waals surface area contributed by atoms with Gasteiger partial charge in [0, 0.05) is 37.3 Å². The van der Waals surface area contributed by atoms with E-state index in [0.717, 1.165) is 68.3 Å². The van der Waals surface area contributed by atoms with E-state index < -0.39 is 6.09 Å². The fourth-order valence-electron chi connectivity index (χ4n) is 6.36. The number of amides is 1. The highest BCUT2D eigenvalue weighted by atomic mass is 35.5. The first-order valence-electron chi connectivity index (χ1n) is 15.5. The van der Waals surface area contributed by atoms with Crippen LogP contribution in [0.2, 0.25) is 0 Å². The van der Waals surface area contributed by atoms with Crippen molar-refractivity contribution in [3.8, 4) is 5.75 Å². The van der Waals surface area contributed by atoms with Gasteiger partial charge in [0.25, 0.3) is 0 Å². The SMILES string of the molecule is CCOc1ccccc1NC(=O)ON1CCC(Nc2nc(N[C@H]3CC[C@H](N)CC3)nc3c2ncn3C2CCCC2)CC1.Cl.Cl. The van der Waals surface area contributed by atoms with Crippen molar-refractivity contribution in [2.24, 2.45) is 5.73 Å². The summed E-state index contributed by atoms with van der Waals surface area (Å²) in [6, 6.07) is 8.56. The van der Waals surface area contributed by atoms with Crippen LogP contribution in [0, 0.1) is 0 Å². The molecule has 0 atom stereocenters. The van der Waals surface area contributed by atoms with E-state index in [0.29, 0.717) is 55.2 Å². The summed E-state index contributed by atoms with van der Waals surface area (Å²) in [5, 5.41) is 11.8. The minimum Gasteiger partial charge on any atom is -0.492 e. The number of hydrogen-bond donors (Lipinski definition) is 4. The predicted molar refractivity (Wildman–Crippen MR) is 177 cm³/mol. The average molecular weight is 651 g/mol. The number of carbonyl (C=O) groups is 1. The Morgan fingerprint density at radius 1 is 0.955 bits per heavy atom. The Kier molecular flexibility index (Phi) is 12.1. The molecule has 2 aromatic heterocycles. The molecule has 1 aliphatic heterocycles. The molecule has 2 saturated carbocycles. The number of rotatable bonds is 9. The molecule has 0 spiro atoms. The van der Waals surface area contributed by atoms with Gasteiger partial charge >= 0.3 is 6.09 Å². The summed E-state index contributed by atoms with van der Waals surface area (Å²) >= 11 is 0. The van der Waals surface area contributed by atoms with E-state index in [1.165, 1.54) is 12.8 Å².